The zero-order valence-electron chi connectivity index (χ0n) is 20.0. The number of halogens is 3. The zero-order valence-corrected chi connectivity index (χ0v) is 20.0. The molecule has 2 aromatic rings. The lowest BCUT2D eigenvalue weighted by Crippen LogP contribution is -2.43. The molecule has 0 atom stereocenters. The van der Waals surface area contributed by atoms with Crippen LogP contribution in [0, 0.1) is 0 Å². The number of alkyl halides is 3. The zero-order chi connectivity index (χ0) is 25.4. The van der Waals surface area contributed by atoms with Gasteiger partial charge in [0.05, 0.1) is 12.1 Å². The molecule has 0 saturated carbocycles. The Balaban J connectivity index is 1.70. The Bertz CT molecular complexity index is 1030. The second kappa shape index (κ2) is 11.9. The summed E-state index contributed by atoms with van der Waals surface area (Å²) < 4.78 is 40.3. The first-order chi connectivity index (χ1) is 16.7. The van der Waals surface area contributed by atoms with E-state index in [9.17, 15) is 22.8 Å². The third-order valence-corrected chi connectivity index (χ3v) is 5.98. The van der Waals surface area contributed by atoms with Crippen LogP contribution in [0.2, 0.25) is 0 Å². The maximum absolute atomic E-state index is 13.4. The summed E-state index contributed by atoms with van der Waals surface area (Å²) in [7, 11) is 1.73. The number of carbonyl (C=O) groups excluding carboxylic acids is 2. The molecule has 0 aromatic heterocycles. The van der Waals surface area contributed by atoms with Crippen LogP contribution in [0.4, 0.5) is 23.7 Å². The Kier molecular flexibility index (Phi) is 8.97. The van der Waals surface area contributed by atoms with Crippen molar-refractivity contribution in [2.24, 2.45) is 0 Å². The molecule has 0 aliphatic carbocycles. The number of carbonyl (C=O) groups is 2. The van der Waals surface area contributed by atoms with Crippen molar-refractivity contribution in [2.75, 3.05) is 45.1 Å². The maximum Gasteiger partial charge on any atom is 0.416 e. The first-order valence-corrected chi connectivity index (χ1v) is 11.7. The fourth-order valence-corrected chi connectivity index (χ4v) is 4.17. The highest BCUT2D eigenvalue weighted by Crippen LogP contribution is 2.32. The van der Waals surface area contributed by atoms with Crippen molar-refractivity contribution in [1.82, 2.24) is 20.4 Å². The van der Waals surface area contributed by atoms with Crippen molar-refractivity contribution in [3.05, 3.63) is 64.7 Å². The van der Waals surface area contributed by atoms with Crippen molar-refractivity contribution in [2.45, 2.75) is 32.6 Å². The van der Waals surface area contributed by atoms with Gasteiger partial charge in [-0.05, 0) is 49.2 Å². The minimum absolute atomic E-state index is 0.0472. The summed E-state index contributed by atoms with van der Waals surface area (Å²) in [5.41, 5.74) is 2.18. The SMILES string of the molecule is CCNC(=O)N1CCc2c(cccc2NCC(=O)N(CCNC)Cc2ccccc2C(F)(F)F)C1. The number of likely N-dealkylation sites (N-methyl/N-ethyl adjacent to an activating group) is 1. The van der Waals surface area contributed by atoms with Crippen LogP contribution in [0.1, 0.15) is 29.2 Å². The number of amides is 3. The molecular weight excluding hydrogens is 459 g/mol. The van der Waals surface area contributed by atoms with E-state index in [-0.39, 0.29) is 37.1 Å². The van der Waals surface area contributed by atoms with E-state index in [4.69, 9.17) is 0 Å². The molecule has 3 amide bonds. The van der Waals surface area contributed by atoms with E-state index < -0.39 is 11.7 Å². The van der Waals surface area contributed by atoms with Crippen LogP contribution in [0.15, 0.2) is 42.5 Å². The molecule has 10 heteroatoms. The smallest absolute Gasteiger partial charge is 0.376 e. The fourth-order valence-electron chi connectivity index (χ4n) is 4.17. The lowest BCUT2D eigenvalue weighted by Gasteiger charge is -2.30. The quantitative estimate of drug-likeness (QED) is 0.502. The lowest BCUT2D eigenvalue weighted by atomic mass is 9.98. The Morgan fingerprint density at radius 1 is 1.11 bits per heavy atom. The molecule has 0 spiro atoms. The van der Waals surface area contributed by atoms with Gasteiger partial charge in [-0.25, -0.2) is 4.79 Å². The third kappa shape index (κ3) is 6.88. The Morgan fingerprint density at radius 3 is 2.60 bits per heavy atom. The van der Waals surface area contributed by atoms with Gasteiger partial charge < -0.3 is 25.8 Å². The first kappa shape index (κ1) is 26.3. The van der Waals surface area contributed by atoms with Gasteiger partial charge in [0, 0.05) is 45.0 Å². The number of nitrogens with zero attached hydrogens (tertiary/aromatic N) is 2. The first-order valence-electron chi connectivity index (χ1n) is 11.7. The summed E-state index contributed by atoms with van der Waals surface area (Å²) in [6.45, 7) is 4.02. The van der Waals surface area contributed by atoms with Crippen LogP contribution < -0.4 is 16.0 Å². The fraction of sp³-hybridized carbons (Fsp3) is 0.440. The molecule has 0 saturated heterocycles. The number of urea groups is 1. The van der Waals surface area contributed by atoms with Crippen molar-refractivity contribution >= 4 is 17.6 Å². The van der Waals surface area contributed by atoms with E-state index in [2.05, 4.69) is 16.0 Å². The average molecular weight is 492 g/mol. The number of hydrogen-bond donors (Lipinski definition) is 3. The van der Waals surface area contributed by atoms with Crippen LogP contribution >= 0.6 is 0 Å². The molecule has 1 aliphatic heterocycles. The van der Waals surface area contributed by atoms with Gasteiger partial charge in [0.25, 0.3) is 0 Å². The molecule has 7 nitrogen and oxygen atoms in total. The van der Waals surface area contributed by atoms with Crippen molar-refractivity contribution in [3.8, 4) is 0 Å². The summed E-state index contributed by atoms with van der Waals surface area (Å²) in [6.07, 6.45) is -3.84. The van der Waals surface area contributed by atoms with E-state index in [1.165, 1.54) is 17.0 Å². The summed E-state index contributed by atoms with van der Waals surface area (Å²) >= 11 is 0. The molecule has 2 aromatic carbocycles. The minimum atomic E-state index is -4.49. The van der Waals surface area contributed by atoms with E-state index in [1.54, 1.807) is 18.0 Å². The van der Waals surface area contributed by atoms with Gasteiger partial charge in [-0.3, -0.25) is 4.79 Å². The van der Waals surface area contributed by atoms with Gasteiger partial charge in [-0.1, -0.05) is 30.3 Å². The number of benzene rings is 2. The summed E-state index contributed by atoms with van der Waals surface area (Å²) in [5, 5.41) is 8.93. The van der Waals surface area contributed by atoms with Crippen LogP contribution in [0.3, 0.4) is 0 Å². The molecule has 0 fully saturated rings. The summed E-state index contributed by atoms with van der Waals surface area (Å²) in [5.74, 6) is -0.297. The van der Waals surface area contributed by atoms with Crippen molar-refractivity contribution < 1.29 is 22.8 Å². The van der Waals surface area contributed by atoms with Crippen LogP contribution in [-0.2, 0) is 30.5 Å². The summed E-state index contributed by atoms with van der Waals surface area (Å²) in [6, 6.07) is 10.9. The van der Waals surface area contributed by atoms with Gasteiger partial charge in [-0.2, -0.15) is 13.2 Å². The second-order valence-corrected chi connectivity index (χ2v) is 8.38. The minimum Gasteiger partial charge on any atom is -0.376 e. The van der Waals surface area contributed by atoms with Gasteiger partial charge in [0.15, 0.2) is 0 Å². The highest BCUT2D eigenvalue weighted by molar-refractivity contribution is 5.81. The molecule has 3 rings (SSSR count). The molecule has 0 radical (unpaired) electrons. The topological polar surface area (TPSA) is 76.7 Å². The van der Waals surface area contributed by atoms with Crippen LogP contribution in [0.25, 0.3) is 0 Å². The molecule has 0 bridgehead atoms. The molecule has 1 heterocycles. The van der Waals surface area contributed by atoms with Gasteiger partial charge >= 0.3 is 12.2 Å². The van der Waals surface area contributed by atoms with Crippen LogP contribution in [-0.4, -0.2) is 61.5 Å². The maximum atomic E-state index is 13.4. The molecule has 35 heavy (non-hydrogen) atoms. The predicted molar refractivity (Wildman–Crippen MR) is 129 cm³/mol. The highest BCUT2D eigenvalue weighted by Gasteiger charge is 2.33. The van der Waals surface area contributed by atoms with Gasteiger partial charge in [-0.15, -0.1) is 0 Å². The van der Waals surface area contributed by atoms with Gasteiger partial charge in [0.2, 0.25) is 5.91 Å². The molecule has 1 aliphatic rings. The number of rotatable bonds is 9. The Hall–Kier alpha value is -3.27. The number of hydrogen-bond acceptors (Lipinski definition) is 4. The third-order valence-electron chi connectivity index (χ3n) is 5.98. The molecule has 3 N–H and O–H groups in total. The predicted octanol–water partition coefficient (Wildman–Crippen LogP) is 3.45. The highest BCUT2D eigenvalue weighted by atomic mass is 19.4. The Morgan fingerprint density at radius 2 is 1.89 bits per heavy atom. The van der Waals surface area contributed by atoms with Crippen molar-refractivity contribution in [1.29, 1.82) is 0 Å². The monoisotopic (exact) mass is 491 g/mol. The van der Waals surface area contributed by atoms with E-state index in [1.807, 2.05) is 25.1 Å². The van der Waals surface area contributed by atoms with Crippen molar-refractivity contribution in [3.63, 3.8) is 0 Å². The number of fused-ring (bicyclic) bond motifs is 1. The summed E-state index contributed by atoms with van der Waals surface area (Å²) in [4.78, 5) is 28.4. The largest absolute Gasteiger partial charge is 0.416 e. The Labute approximate surface area is 203 Å². The average Bonchev–Trinajstić information content (AvgIpc) is 2.84. The molecule has 0 unspecified atom stereocenters. The van der Waals surface area contributed by atoms with E-state index in [0.29, 0.717) is 32.6 Å². The van der Waals surface area contributed by atoms with E-state index >= 15 is 0 Å². The number of nitrogens with one attached hydrogen (secondary N) is 3. The molecule has 190 valence electrons. The van der Waals surface area contributed by atoms with Gasteiger partial charge in [0.1, 0.15) is 0 Å². The normalized spacial score (nSPS) is 13.2. The lowest BCUT2D eigenvalue weighted by molar-refractivity contribution is -0.139. The molecular formula is C25H32F3N5O2. The van der Waals surface area contributed by atoms with Crippen LogP contribution in [0.5, 0.6) is 0 Å². The van der Waals surface area contributed by atoms with E-state index in [0.717, 1.165) is 22.9 Å². The number of anilines is 1. The standard InChI is InChI=1S/C25H32F3N5O2/c1-3-30-24(35)33-13-11-20-18(16-33)8-6-10-22(20)31-15-23(34)32(14-12-29-2)17-19-7-4-5-9-21(19)25(26,27)28/h4-10,29,31H,3,11-17H2,1-2H3,(H,30,35). The second-order valence-electron chi connectivity index (χ2n) is 8.38.